The number of amides is 1. The molecular formula is C45H58FN3O11Si. The molecule has 0 radical (unpaired) electrons. The van der Waals surface area contributed by atoms with Crippen molar-refractivity contribution in [3.8, 4) is 11.6 Å². The first kappa shape index (κ1) is 45.5. The number of Topliss-reactive ketones (excluding diaryl/α,β-unsaturated/α-hetero) is 2. The highest BCUT2D eigenvalue weighted by atomic mass is 28.4. The molecule has 1 N–H and O–H groups in total. The summed E-state index contributed by atoms with van der Waals surface area (Å²) in [6.07, 6.45) is -2.22. The first-order valence-electron chi connectivity index (χ1n) is 20.4. The van der Waals surface area contributed by atoms with Crippen LogP contribution in [0.1, 0.15) is 108 Å². The van der Waals surface area contributed by atoms with Crippen molar-refractivity contribution in [2.45, 2.75) is 123 Å². The van der Waals surface area contributed by atoms with Gasteiger partial charge < -0.3 is 33.0 Å². The zero-order chi connectivity index (χ0) is 45.4. The minimum atomic E-state index is -3.08. The number of carbonyl (C=O) groups is 4. The fourth-order valence-electron chi connectivity index (χ4n) is 8.09. The van der Waals surface area contributed by atoms with Crippen LogP contribution in [0, 0.1) is 17.7 Å². The third-order valence-electron chi connectivity index (χ3n) is 11.8. The standard InChI is InChI=1S/C45H58FN3O11Si/c1-42(2,3)57-40(53)49(12)29-22-28(46)26-20-25-21-27-33(48(10)11)36-32(39(47-59-36)55-23-24-18-16-15-17-19-24)38(52)45(27,60-61(13,14)44(7,8)9)37(51)30(25)34(50)31(26)35(29)56-41(54)58-43(4,5)6/h15-19,22,25,27,33,50H,20-21,23H2,1-14H3/t25-,27-,33-,45?/m0/s1. The normalized spacial score (nSPS) is 21.6. The summed E-state index contributed by atoms with van der Waals surface area (Å²) in [5, 5.41) is 16.3. The number of rotatable bonds is 8. The van der Waals surface area contributed by atoms with Gasteiger partial charge in [0.15, 0.2) is 25.4 Å². The molecule has 3 aliphatic carbocycles. The van der Waals surface area contributed by atoms with Gasteiger partial charge in [-0.05, 0) is 103 Å². The van der Waals surface area contributed by atoms with E-state index in [0.29, 0.717) is 0 Å². The quantitative estimate of drug-likeness (QED) is 0.0986. The predicted molar refractivity (Wildman–Crippen MR) is 227 cm³/mol. The second-order valence-corrected chi connectivity index (χ2v) is 24.6. The van der Waals surface area contributed by atoms with E-state index in [9.17, 15) is 14.7 Å². The van der Waals surface area contributed by atoms with Gasteiger partial charge in [-0.25, -0.2) is 14.0 Å². The van der Waals surface area contributed by atoms with Crippen LogP contribution in [0.5, 0.6) is 11.6 Å². The van der Waals surface area contributed by atoms with E-state index in [-0.39, 0.29) is 59.0 Å². The summed E-state index contributed by atoms with van der Waals surface area (Å²) in [4.78, 5) is 61.1. The highest BCUT2D eigenvalue weighted by molar-refractivity contribution is 6.74. The third-order valence-corrected chi connectivity index (χ3v) is 16.3. The monoisotopic (exact) mass is 863 g/mol. The van der Waals surface area contributed by atoms with Gasteiger partial charge in [0.25, 0.3) is 5.88 Å². The van der Waals surface area contributed by atoms with Gasteiger partial charge >= 0.3 is 12.2 Å². The number of halogens is 1. The number of aliphatic hydroxyl groups is 1. The number of anilines is 1. The van der Waals surface area contributed by atoms with Crippen LogP contribution in [0.15, 0.2) is 46.5 Å². The van der Waals surface area contributed by atoms with Gasteiger partial charge in [0, 0.05) is 30.2 Å². The second-order valence-electron chi connectivity index (χ2n) is 19.8. The largest absolute Gasteiger partial charge is 0.514 e. The van der Waals surface area contributed by atoms with E-state index >= 15 is 14.0 Å². The van der Waals surface area contributed by atoms with Crippen LogP contribution >= 0.6 is 0 Å². The maximum atomic E-state index is 16.6. The topological polar surface area (TPSA) is 167 Å². The SMILES string of the molecule is CN(C(=O)OC(C)(C)C)c1cc(F)c2c(c1OC(=O)OC(C)(C)C)C(O)=C1C(=O)C3(O[Si](C)(C)C(C)(C)C)C(=O)c4c(OCc5ccccc5)noc4[C@@H](N(C)C)[C@@H]3C[C@@H]1C2. The zero-order valence-corrected chi connectivity index (χ0v) is 38.6. The fraction of sp³-hybridized carbons (Fsp3) is 0.533. The van der Waals surface area contributed by atoms with Crippen molar-refractivity contribution < 1.29 is 56.6 Å². The smallest absolute Gasteiger partial charge is 0.507 e. The highest BCUT2D eigenvalue weighted by Crippen LogP contribution is 2.59. The van der Waals surface area contributed by atoms with Gasteiger partial charge in [-0.3, -0.25) is 19.4 Å². The third kappa shape index (κ3) is 8.33. The van der Waals surface area contributed by atoms with E-state index in [1.54, 1.807) is 55.6 Å². The van der Waals surface area contributed by atoms with Crippen LogP contribution in [0.3, 0.4) is 0 Å². The van der Waals surface area contributed by atoms with Gasteiger partial charge in [-0.15, -0.1) is 0 Å². The Kier molecular flexibility index (Phi) is 11.7. The Morgan fingerprint density at radius 3 is 2.15 bits per heavy atom. The van der Waals surface area contributed by atoms with Crippen LogP contribution < -0.4 is 14.4 Å². The van der Waals surface area contributed by atoms with E-state index in [1.807, 2.05) is 69.1 Å². The van der Waals surface area contributed by atoms with Gasteiger partial charge in [-0.2, -0.15) is 0 Å². The Morgan fingerprint density at radius 2 is 1.57 bits per heavy atom. The van der Waals surface area contributed by atoms with Crippen LogP contribution in [-0.2, 0) is 31.7 Å². The summed E-state index contributed by atoms with van der Waals surface area (Å²) in [6.45, 7) is 19.7. The number of ketones is 2. The molecule has 2 aromatic carbocycles. The minimum absolute atomic E-state index is 0.0457. The molecule has 0 bridgehead atoms. The number of carbonyl (C=O) groups excluding carboxylic acids is 4. The molecule has 0 aliphatic heterocycles. The van der Waals surface area contributed by atoms with Crippen molar-refractivity contribution in [1.82, 2.24) is 10.1 Å². The first-order valence-corrected chi connectivity index (χ1v) is 23.3. The molecule has 1 heterocycles. The van der Waals surface area contributed by atoms with E-state index in [0.717, 1.165) is 16.5 Å². The molecule has 1 unspecified atom stereocenters. The number of nitrogens with zero attached hydrogens (tertiary/aromatic N) is 3. The molecule has 6 rings (SSSR count). The number of hydrogen-bond acceptors (Lipinski definition) is 13. The Bertz CT molecular complexity index is 2280. The highest BCUT2D eigenvalue weighted by Gasteiger charge is 2.69. The molecular weight excluding hydrogens is 806 g/mol. The summed E-state index contributed by atoms with van der Waals surface area (Å²) in [7, 11) is 1.80. The lowest BCUT2D eigenvalue weighted by Gasteiger charge is -2.55. The van der Waals surface area contributed by atoms with Crippen molar-refractivity contribution in [1.29, 1.82) is 0 Å². The molecule has 3 aliphatic rings. The maximum Gasteiger partial charge on any atom is 0.514 e. The Morgan fingerprint density at radius 1 is 0.951 bits per heavy atom. The molecule has 1 aromatic heterocycles. The van der Waals surface area contributed by atoms with Crippen molar-refractivity contribution in [3.63, 3.8) is 0 Å². The molecule has 16 heteroatoms. The number of aromatic nitrogens is 1. The van der Waals surface area contributed by atoms with E-state index in [4.69, 9.17) is 27.9 Å². The lowest BCUT2D eigenvalue weighted by molar-refractivity contribution is -0.140. The molecule has 0 saturated heterocycles. The summed E-state index contributed by atoms with van der Waals surface area (Å²) >= 11 is 0. The van der Waals surface area contributed by atoms with Crippen LogP contribution in [0.25, 0.3) is 5.76 Å². The van der Waals surface area contributed by atoms with E-state index in [2.05, 4.69) is 5.16 Å². The van der Waals surface area contributed by atoms with E-state index < -0.39 is 89.2 Å². The van der Waals surface area contributed by atoms with Crippen molar-refractivity contribution in [3.05, 3.63) is 75.8 Å². The van der Waals surface area contributed by atoms with Crippen molar-refractivity contribution in [2.75, 3.05) is 26.0 Å². The average molecular weight is 864 g/mol. The Balaban J connectivity index is 1.60. The fourth-order valence-corrected chi connectivity index (χ4v) is 9.53. The zero-order valence-electron chi connectivity index (χ0n) is 37.6. The first-order chi connectivity index (χ1) is 28.1. The number of hydrogen-bond donors (Lipinski definition) is 1. The van der Waals surface area contributed by atoms with Crippen molar-refractivity contribution >= 4 is 43.6 Å². The molecule has 14 nitrogen and oxygen atoms in total. The summed E-state index contributed by atoms with van der Waals surface area (Å²) in [5.74, 6) is -5.23. The molecule has 330 valence electrons. The van der Waals surface area contributed by atoms with Crippen molar-refractivity contribution in [2.24, 2.45) is 11.8 Å². The molecule has 1 amide bonds. The summed E-state index contributed by atoms with van der Waals surface area (Å²) in [6, 6.07) is 9.54. The molecule has 3 aromatic rings. The molecule has 1 fully saturated rings. The average Bonchev–Trinajstić information content (AvgIpc) is 3.54. The van der Waals surface area contributed by atoms with Crippen LogP contribution in [0.4, 0.5) is 19.7 Å². The van der Waals surface area contributed by atoms with E-state index in [1.165, 1.54) is 7.05 Å². The summed E-state index contributed by atoms with van der Waals surface area (Å²) in [5.41, 5.74) is -4.38. The van der Waals surface area contributed by atoms with Gasteiger partial charge in [0.2, 0.25) is 11.6 Å². The number of benzene rings is 2. The van der Waals surface area contributed by atoms with Crippen LogP contribution in [0.2, 0.25) is 18.1 Å². The predicted octanol–water partition coefficient (Wildman–Crippen LogP) is 9.37. The Labute approximate surface area is 357 Å². The molecule has 4 atom stereocenters. The lowest BCUT2D eigenvalue weighted by atomic mass is 9.57. The van der Waals surface area contributed by atoms with Gasteiger partial charge in [-0.1, -0.05) is 51.1 Å². The maximum absolute atomic E-state index is 16.6. The number of ether oxygens (including phenoxy) is 4. The number of fused-ring (bicyclic) bond motifs is 4. The minimum Gasteiger partial charge on any atom is -0.507 e. The Hall–Kier alpha value is -5.06. The molecule has 1 saturated carbocycles. The van der Waals surface area contributed by atoms with Gasteiger partial charge in [0.05, 0.1) is 17.3 Å². The second kappa shape index (κ2) is 15.7. The number of aliphatic hydroxyl groups excluding tert-OH is 1. The van der Waals surface area contributed by atoms with Gasteiger partial charge in [0.1, 0.15) is 34.9 Å². The summed E-state index contributed by atoms with van der Waals surface area (Å²) < 4.78 is 52.7. The molecule has 0 spiro atoms. The molecule has 61 heavy (non-hydrogen) atoms. The van der Waals surface area contributed by atoms with Crippen LogP contribution in [-0.4, -0.2) is 85.2 Å². The lowest BCUT2D eigenvalue weighted by Crippen LogP contribution is -2.68.